The number of nitrogens with zero attached hydrogens (tertiary/aromatic N) is 1. The van der Waals surface area contributed by atoms with Gasteiger partial charge in [0.15, 0.2) is 9.84 Å². The van der Waals surface area contributed by atoms with Gasteiger partial charge in [-0.2, -0.15) is 0 Å². The van der Waals surface area contributed by atoms with E-state index in [-0.39, 0.29) is 42.1 Å². The summed E-state index contributed by atoms with van der Waals surface area (Å²) in [6, 6.07) is 1.74. The van der Waals surface area contributed by atoms with Crippen LogP contribution < -0.4 is 10.9 Å². The maximum atomic E-state index is 12.0. The second-order valence-electron chi connectivity index (χ2n) is 6.19. The minimum atomic E-state index is -2.97. The van der Waals surface area contributed by atoms with Crippen molar-refractivity contribution in [3.05, 3.63) is 33.2 Å². The Bertz CT molecular complexity index is 754. The zero-order valence-corrected chi connectivity index (χ0v) is 14.5. The van der Waals surface area contributed by atoms with Gasteiger partial charge in [-0.3, -0.25) is 14.5 Å². The highest BCUT2D eigenvalue weighted by atomic mass is 32.2. The molecule has 1 atom stereocenters. The number of pyridine rings is 1. The van der Waals surface area contributed by atoms with E-state index < -0.39 is 9.84 Å². The Morgan fingerprint density at radius 1 is 1.43 bits per heavy atom. The Morgan fingerprint density at radius 2 is 2.13 bits per heavy atom. The second-order valence-corrected chi connectivity index (χ2v) is 8.42. The van der Waals surface area contributed by atoms with Gasteiger partial charge in [0, 0.05) is 23.8 Å². The lowest BCUT2D eigenvalue weighted by Crippen LogP contribution is -2.41. The molecular weight excluding hydrogens is 318 g/mol. The molecule has 2 heterocycles. The number of hydrogen-bond acceptors (Lipinski definition) is 5. The van der Waals surface area contributed by atoms with Crippen LogP contribution in [-0.4, -0.2) is 55.3 Å². The maximum Gasteiger partial charge on any atom is 0.253 e. The average Bonchev–Trinajstić information content (AvgIpc) is 2.78. The van der Waals surface area contributed by atoms with Crippen LogP contribution in [0.15, 0.2) is 10.9 Å². The van der Waals surface area contributed by atoms with Gasteiger partial charge in [-0.15, -0.1) is 0 Å². The van der Waals surface area contributed by atoms with Crippen molar-refractivity contribution in [1.29, 1.82) is 0 Å². The van der Waals surface area contributed by atoms with Crippen molar-refractivity contribution < 1.29 is 13.2 Å². The monoisotopic (exact) mass is 341 g/mol. The molecule has 1 unspecified atom stereocenters. The highest BCUT2D eigenvalue weighted by molar-refractivity contribution is 7.91. The molecule has 7 nitrogen and oxygen atoms in total. The highest BCUT2D eigenvalue weighted by Crippen LogP contribution is 2.16. The summed E-state index contributed by atoms with van der Waals surface area (Å²) < 4.78 is 23.0. The summed E-state index contributed by atoms with van der Waals surface area (Å²) in [6.07, 6.45) is 0.558. The molecule has 0 spiro atoms. The zero-order valence-electron chi connectivity index (χ0n) is 13.7. The predicted octanol–water partition coefficient (Wildman–Crippen LogP) is -0.273. The number of sulfone groups is 1. The van der Waals surface area contributed by atoms with Crippen molar-refractivity contribution >= 4 is 15.7 Å². The van der Waals surface area contributed by atoms with E-state index in [2.05, 4.69) is 10.3 Å². The van der Waals surface area contributed by atoms with Gasteiger partial charge in [-0.1, -0.05) is 0 Å². The van der Waals surface area contributed by atoms with E-state index in [1.807, 2.05) is 13.0 Å². The third-order valence-electron chi connectivity index (χ3n) is 4.18. The van der Waals surface area contributed by atoms with E-state index in [0.717, 1.165) is 11.3 Å². The fraction of sp³-hybridized carbons (Fsp3) is 0.600. The molecule has 2 rings (SSSR count). The molecule has 0 aliphatic carbocycles. The quantitative estimate of drug-likeness (QED) is 0.768. The summed E-state index contributed by atoms with van der Waals surface area (Å²) in [5, 5.41) is 2.73. The summed E-state index contributed by atoms with van der Waals surface area (Å²) in [4.78, 5) is 28.4. The first-order valence-electron chi connectivity index (χ1n) is 7.55. The van der Waals surface area contributed by atoms with Gasteiger partial charge in [0.25, 0.3) is 5.56 Å². The number of amides is 1. The molecule has 1 aliphatic heterocycles. The lowest BCUT2D eigenvalue weighted by Gasteiger charge is -2.22. The summed E-state index contributed by atoms with van der Waals surface area (Å²) in [5.74, 6) is 0.0610. The first-order valence-corrected chi connectivity index (χ1v) is 9.37. The molecule has 1 aromatic heterocycles. The Kier molecular flexibility index (Phi) is 5.26. The number of nitrogens with one attached hydrogen (secondary N) is 2. The first kappa shape index (κ1) is 17.7. The normalized spacial score (nSPS) is 19.9. The van der Waals surface area contributed by atoms with Gasteiger partial charge >= 0.3 is 0 Å². The second kappa shape index (κ2) is 6.84. The van der Waals surface area contributed by atoms with Crippen LogP contribution in [0.2, 0.25) is 0 Å². The molecule has 0 aromatic carbocycles. The van der Waals surface area contributed by atoms with Gasteiger partial charge in [0.05, 0.1) is 18.1 Å². The molecule has 23 heavy (non-hydrogen) atoms. The Balaban J connectivity index is 1.90. The third-order valence-corrected chi connectivity index (χ3v) is 5.93. The van der Waals surface area contributed by atoms with Crippen LogP contribution in [0.5, 0.6) is 0 Å². The van der Waals surface area contributed by atoms with E-state index >= 15 is 0 Å². The summed E-state index contributed by atoms with van der Waals surface area (Å²) in [6.45, 7) is 3.92. The molecular formula is C15H23N3O4S. The van der Waals surface area contributed by atoms with E-state index in [1.165, 1.54) is 0 Å². The fourth-order valence-corrected chi connectivity index (χ4v) is 4.63. The van der Waals surface area contributed by atoms with Gasteiger partial charge in [-0.25, -0.2) is 8.42 Å². The average molecular weight is 341 g/mol. The first-order chi connectivity index (χ1) is 10.7. The lowest BCUT2D eigenvalue weighted by atomic mass is 10.1. The van der Waals surface area contributed by atoms with E-state index in [1.54, 1.807) is 18.9 Å². The lowest BCUT2D eigenvalue weighted by molar-refractivity contribution is -0.122. The summed E-state index contributed by atoms with van der Waals surface area (Å²) in [7, 11) is -1.22. The SMILES string of the molecule is Cc1cc(C)c(CNC(=O)CN(C)C2CCS(=O)(=O)C2)c(=O)[nH]1. The number of H-pyrrole nitrogens is 1. The van der Waals surface area contributed by atoms with E-state index in [9.17, 15) is 18.0 Å². The van der Waals surface area contributed by atoms with Gasteiger partial charge in [0.1, 0.15) is 0 Å². The Morgan fingerprint density at radius 3 is 2.70 bits per heavy atom. The summed E-state index contributed by atoms with van der Waals surface area (Å²) >= 11 is 0. The highest BCUT2D eigenvalue weighted by Gasteiger charge is 2.31. The van der Waals surface area contributed by atoms with Crippen molar-refractivity contribution in [2.75, 3.05) is 25.1 Å². The number of carbonyl (C=O) groups is 1. The van der Waals surface area contributed by atoms with Crippen LogP contribution in [0.3, 0.4) is 0 Å². The Labute approximate surface area is 136 Å². The van der Waals surface area contributed by atoms with Crippen LogP contribution >= 0.6 is 0 Å². The van der Waals surface area contributed by atoms with E-state index in [0.29, 0.717) is 12.0 Å². The van der Waals surface area contributed by atoms with Crippen LogP contribution in [0, 0.1) is 13.8 Å². The fourth-order valence-electron chi connectivity index (χ4n) is 2.82. The smallest absolute Gasteiger partial charge is 0.253 e. The largest absolute Gasteiger partial charge is 0.351 e. The standard InChI is InChI=1S/C15H23N3O4S/c1-10-6-11(2)17-15(20)13(10)7-16-14(19)8-18(3)12-4-5-23(21,22)9-12/h6,12H,4-5,7-9H2,1-3H3,(H,16,19)(H,17,20). The van der Waals surface area contributed by atoms with Gasteiger partial charge < -0.3 is 10.3 Å². The molecule has 1 fully saturated rings. The molecule has 1 saturated heterocycles. The van der Waals surface area contributed by atoms with Crippen LogP contribution in [-0.2, 0) is 21.2 Å². The summed E-state index contributed by atoms with van der Waals surface area (Å²) in [5.41, 5.74) is 1.96. The molecule has 2 N–H and O–H groups in total. The van der Waals surface area contributed by atoms with Crippen molar-refractivity contribution in [3.8, 4) is 0 Å². The van der Waals surface area contributed by atoms with Crippen molar-refractivity contribution in [2.24, 2.45) is 0 Å². The van der Waals surface area contributed by atoms with Gasteiger partial charge in [-0.05, 0) is 38.9 Å². The zero-order chi connectivity index (χ0) is 17.2. The molecule has 1 aromatic rings. The molecule has 0 saturated carbocycles. The number of rotatable bonds is 5. The minimum Gasteiger partial charge on any atom is -0.351 e. The van der Waals surface area contributed by atoms with Crippen LogP contribution in [0.1, 0.15) is 23.2 Å². The topological polar surface area (TPSA) is 99.3 Å². The molecule has 8 heteroatoms. The van der Waals surface area contributed by atoms with Gasteiger partial charge in [0.2, 0.25) is 5.91 Å². The van der Waals surface area contributed by atoms with E-state index in [4.69, 9.17) is 0 Å². The maximum absolute atomic E-state index is 12.0. The number of likely N-dealkylation sites (N-methyl/N-ethyl adjacent to an activating group) is 1. The molecule has 0 radical (unpaired) electrons. The molecule has 0 bridgehead atoms. The van der Waals surface area contributed by atoms with Crippen molar-refractivity contribution in [3.63, 3.8) is 0 Å². The third kappa shape index (κ3) is 4.65. The number of aromatic amines is 1. The minimum absolute atomic E-state index is 0.105. The number of aryl methyl sites for hydroxylation is 2. The Hall–Kier alpha value is -1.67. The molecule has 128 valence electrons. The van der Waals surface area contributed by atoms with Crippen molar-refractivity contribution in [2.45, 2.75) is 32.9 Å². The number of carbonyl (C=O) groups excluding carboxylic acids is 1. The number of hydrogen-bond donors (Lipinski definition) is 2. The number of aromatic nitrogens is 1. The molecule has 1 amide bonds. The van der Waals surface area contributed by atoms with Crippen LogP contribution in [0.4, 0.5) is 0 Å². The molecule has 1 aliphatic rings. The van der Waals surface area contributed by atoms with Crippen molar-refractivity contribution in [1.82, 2.24) is 15.2 Å². The predicted molar refractivity (Wildman–Crippen MR) is 88.1 cm³/mol. The van der Waals surface area contributed by atoms with Crippen LogP contribution in [0.25, 0.3) is 0 Å².